The quantitative estimate of drug-likeness (QED) is 0.898. The van der Waals surface area contributed by atoms with Crippen LogP contribution < -0.4 is 5.32 Å². The lowest BCUT2D eigenvalue weighted by Gasteiger charge is -2.25. The van der Waals surface area contributed by atoms with Gasteiger partial charge in [-0.3, -0.25) is 9.59 Å². The van der Waals surface area contributed by atoms with E-state index in [0.717, 1.165) is 42.5 Å². The number of nitrogens with one attached hydrogen (secondary N) is 2. The van der Waals surface area contributed by atoms with Crippen molar-refractivity contribution in [2.24, 2.45) is 0 Å². The van der Waals surface area contributed by atoms with E-state index in [1.165, 1.54) is 17.5 Å². The summed E-state index contributed by atoms with van der Waals surface area (Å²) in [5.74, 6) is 0.443. The van der Waals surface area contributed by atoms with E-state index in [1.54, 1.807) is 0 Å². The van der Waals surface area contributed by atoms with Crippen molar-refractivity contribution in [3.63, 3.8) is 0 Å². The second-order valence-corrected chi connectivity index (χ2v) is 7.25. The third-order valence-electron chi connectivity index (χ3n) is 5.67. The van der Waals surface area contributed by atoms with Crippen LogP contribution in [0.3, 0.4) is 0 Å². The number of fused-ring (bicyclic) bond motifs is 2. The molecule has 4 nitrogen and oxygen atoms in total. The maximum atomic E-state index is 12.7. The predicted molar refractivity (Wildman–Crippen MR) is 97.3 cm³/mol. The van der Waals surface area contributed by atoms with Crippen LogP contribution in [0, 0.1) is 6.92 Å². The highest BCUT2D eigenvalue weighted by Gasteiger charge is 2.27. The number of H-pyrrole nitrogens is 1. The van der Waals surface area contributed by atoms with Crippen molar-refractivity contribution in [3.8, 4) is 0 Å². The summed E-state index contributed by atoms with van der Waals surface area (Å²) in [5, 5.41) is 3.09. The number of aryl methyl sites for hydroxylation is 2. The number of aromatic nitrogens is 1. The van der Waals surface area contributed by atoms with Gasteiger partial charge in [-0.2, -0.15) is 0 Å². The standard InChI is InChI=1S/C21H24N2O2/c1-13-19-17(10-5-11-18(19)24)23-20(13)21(25)22-12-15-8-4-7-14-6-2-3-9-16(14)15/h2-3,6,9,15,23H,4-5,7-8,10-12H2,1H3,(H,22,25). The van der Waals surface area contributed by atoms with Gasteiger partial charge < -0.3 is 10.3 Å². The number of benzene rings is 1. The molecule has 0 radical (unpaired) electrons. The normalized spacial score (nSPS) is 19.2. The van der Waals surface area contributed by atoms with Gasteiger partial charge in [0.15, 0.2) is 5.78 Å². The molecule has 130 valence electrons. The topological polar surface area (TPSA) is 62.0 Å². The third kappa shape index (κ3) is 2.90. The number of hydrogen-bond donors (Lipinski definition) is 2. The fourth-order valence-electron chi connectivity index (χ4n) is 4.37. The Kier molecular flexibility index (Phi) is 4.20. The van der Waals surface area contributed by atoms with Crippen molar-refractivity contribution in [2.45, 2.75) is 51.4 Å². The molecule has 0 aliphatic heterocycles. The average Bonchev–Trinajstić information content (AvgIpc) is 2.98. The first-order valence-electron chi connectivity index (χ1n) is 9.25. The fourth-order valence-corrected chi connectivity index (χ4v) is 4.37. The molecule has 0 bridgehead atoms. The fraction of sp³-hybridized carbons (Fsp3) is 0.429. The zero-order chi connectivity index (χ0) is 17.4. The minimum atomic E-state index is -0.0947. The van der Waals surface area contributed by atoms with E-state index in [2.05, 4.69) is 34.6 Å². The number of ketones is 1. The molecule has 0 saturated carbocycles. The predicted octanol–water partition coefficient (Wildman–Crippen LogP) is 3.69. The zero-order valence-corrected chi connectivity index (χ0v) is 14.7. The van der Waals surface area contributed by atoms with Crippen LogP contribution in [-0.2, 0) is 12.8 Å². The van der Waals surface area contributed by atoms with Crippen LogP contribution >= 0.6 is 0 Å². The molecule has 4 heteroatoms. The first-order chi connectivity index (χ1) is 12.1. The van der Waals surface area contributed by atoms with Crippen molar-refractivity contribution in [3.05, 3.63) is 57.9 Å². The highest BCUT2D eigenvalue weighted by Crippen LogP contribution is 2.31. The monoisotopic (exact) mass is 336 g/mol. The van der Waals surface area contributed by atoms with Gasteiger partial charge in [-0.15, -0.1) is 0 Å². The average molecular weight is 336 g/mol. The molecule has 0 saturated heterocycles. The van der Waals surface area contributed by atoms with E-state index in [4.69, 9.17) is 0 Å². The first-order valence-corrected chi connectivity index (χ1v) is 9.25. The van der Waals surface area contributed by atoms with Crippen molar-refractivity contribution in [1.29, 1.82) is 0 Å². The van der Waals surface area contributed by atoms with Crippen molar-refractivity contribution in [2.75, 3.05) is 6.54 Å². The summed E-state index contributed by atoms with van der Waals surface area (Å²) >= 11 is 0. The van der Waals surface area contributed by atoms with Gasteiger partial charge in [0.2, 0.25) is 0 Å². The van der Waals surface area contributed by atoms with Gasteiger partial charge in [-0.1, -0.05) is 24.3 Å². The van der Waals surface area contributed by atoms with Crippen molar-refractivity contribution in [1.82, 2.24) is 10.3 Å². The van der Waals surface area contributed by atoms with E-state index in [0.29, 0.717) is 24.6 Å². The van der Waals surface area contributed by atoms with Gasteiger partial charge in [0.1, 0.15) is 5.69 Å². The summed E-state index contributed by atoms with van der Waals surface area (Å²) in [6, 6.07) is 8.54. The number of Topliss-reactive ketones (excluding diaryl/α,β-unsaturated/α-hetero) is 1. The minimum absolute atomic E-state index is 0.0947. The largest absolute Gasteiger partial charge is 0.354 e. The van der Waals surface area contributed by atoms with Crippen LogP contribution in [0.4, 0.5) is 0 Å². The van der Waals surface area contributed by atoms with Crippen LogP contribution in [0.25, 0.3) is 0 Å². The smallest absolute Gasteiger partial charge is 0.268 e. The molecule has 0 fully saturated rings. The second kappa shape index (κ2) is 6.51. The molecular weight excluding hydrogens is 312 g/mol. The number of amides is 1. The summed E-state index contributed by atoms with van der Waals surface area (Å²) < 4.78 is 0. The number of carbonyl (C=O) groups excluding carboxylic acids is 2. The lowest BCUT2D eigenvalue weighted by atomic mass is 9.83. The maximum absolute atomic E-state index is 12.7. The molecule has 1 aromatic heterocycles. The lowest BCUT2D eigenvalue weighted by molar-refractivity contribution is 0.0944. The van der Waals surface area contributed by atoms with Crippen LogP contribution in [0.2, 0.25) is 0 Å². The lowest BCUT2D eigenvalue weighted by Crippen LogP contribution is -2.30. The zero-order valence-electron chi connectivity index (χ0n) is 14.7. The Hall–Kier alpha value is -2.36. The Bertz CT molecular complexity index is 834. The van der Waals surface area contributed by atoms with Crippen molar-refractivity contribution < 1.29 is 9.59 Å². The Labute approximate surface area is 148 Å². The Morgan fingerprint density at radius 2 is 2.04 bits per heavy atom. The molecule has 1 amide bonds. The molecule has 1 heterocycles. The second-order valence-electron chi connectivity index (χ2n) is 7.25. The number of rotatable bonds is 3. The molecule has 4 rings (SSSR count). The van der Waals surface area contributed by atoms with Gasteiger partial charge in [0.05, 0.1) is 0 Å². The van der Waals surface area contributed by atoms with Gasteiger partial charge >= 0.3 is 0 Å². The summed E-state index contributed by atoms with van der Waals surface area (Å²) in [5.41, 5.74) is 5.82. The Morgan fingerprint density at radius 3 is 2.88 bits per heavy atom. The van der Waals surface area contributed by atoms with Crippen LogP contribution in [0.1, 0.15) is 74.8 Å². The Morgan fingerprint density at radius 1 is 1.20 bits per heavy atom. The van der Waals surface area contributed by atoms with Gasteiger partial charge in [-0.05, 0) is 55.7 Å². The minimum Gasteiger partial charge on any atom is -0.354 e. The highest BCUT2D eigenvalue weighted by molar-refractivity contribution is 6.04. The summed E-state index contributed by atoms with van der Waals surface area (Å²) in [4.78, 5) is 28.0. The number of hydrogen-bond acceptors (Lipinski definition) is 2. The van der Waals surface area contributed by atoms with E-state index >= 15 is 0 Å². The van der Waals surface area contributed by atoms with Crippen LogP contribution in [0.15, 0.2) is 24.3 Å². The molecule has 2 N–H and O–H groups in total. The van der Waals surface area contributed by atoms with Gasteiger partial charge in [-0.25, -0.2) is 0 Å². The van der Waals surface area contributed by atoms with Crippen LogP contribution in [0.5, 0.6) is 0 Å². The molecule has 25 heavy (non-hydrogen) atoms. The molecule has 2 aromatic rings. The third-order valence-corrected chi connectivity index (χ3v) is 5.67. The van der Waals surface area contributed by atoms with E-state index in [-0.39, 0.29) is 11.7 Å². The molecule has 2 aliphatic rings. The number of aromatic amines is 1. The molecule has 1 atom stereocenters. The molecule has 1 aromatic carbocycles. The summed E-state index contributed by atoms with van der Waals surface area (Å²) in [6.07, 6.45) is 5.71. The number of carbonyl (C=O) groups is 2. The van der Waals surface area contributed by atoms with Gasteiger partial charge in [0, 0.05) is 30.1 Å². The molecule has 2 aliphatic carbocycles. The summed E-state index contributed by atoms with van der Waals surface area (Å²) in [6.45, 7) is 2.52. The van der Waals surface area contributed by atoms with Crippen molar-refractivity contribution >= 4 is 11.7 Å². The van der Waals surface area contributed by atoms with Gasteiger partial charge in [0.25, 0.3) is 5.91 Å². The van der Waals surface area contributed by atoms with E-state index in [1.807, 2.05) is 6.92 Å². The van der Waals surface area contributed by atoms with Crippen LogP contribution in [-0.4, -0.2) is 23.2 Å². The molecule has 1 unspecified atom stereocenters. The van der Waals surface area contributed by atoms with E-state index < -0.39 is 0 Å². The Balaban J connectivity index is 1.50. The molecule has 0 spiro atoms. The molecular formula is C21H24N2O2. The first kappa shape index (κ1) is 16.1. The maximum Gasteiger partial charge on any atom is 0.268 e. The SMILES string of the molecule is Cc1c(C(=O)NCC2CCCc3ccccc32)[nH]c2c1C(=O)CCC2. The summed E-state index contributed by atoms with van der Waals surface area (Å²) in [7, 11) is 0. The highest BCUT2D eigenvalue weighted by atomic mass is 16.2. The van der Waals surface area contributed by atoms with E-state index in [9.17, 15) is 9.59 Å².